The molecule has 0 fully saturated rings. The van der Waals surface area contributed by atoms with Crippen molar-refractivity contribution in [1.82, 2.24) is 9.88 Å². The van der Waals surface area contributed by atoms with Crippen LogP contribution >= 0.6 is 0 Å². The van der Waals surface area contributed by atoms with Crippen LogP contribution in [0, 0.1) is 10.1 Å². The zero-order valence-electron chi connectivity index (χ0n) is 11.6. The summed E-state index contributed by atoms with van der Waals surface area (Å²) in [6.45, 7) is 3.44. The van der Waals surface area contributed by atoms with E-state index in [1.807, 2.05) is 6.92 Å². The van der Waals surface area contributed by atoms with Crippen molar-refractivity contribution >= 4 is 17.6 Å². The number of hydrogen-bond acceptors (Lipinski definition) is 5. The van der Waals surface area contributed by atoms with E-state index in [1.54, 1.807) is 0 Å². The number of carboxylic acids is 1. The maximum atomic E-state index is 12.1. The number of amides is 1. The van der Waals surface area contributed by atoms with Crippen molar-refractivity contribution in [2.45, 2.75) is 39.0 Å². The van der Waals surface area contributed by atoms with Crippen molar-refractivity contribution in [1.29, 1.82) is 0 Å². The first-order chi connectivity index (χ1) is 9.77. The fourth-order valence-corrected chi connectivity index (χ4v) is 1.82. The van der Waals surface area contributed by atoms with Gasteiger partial charge in [0.2, 0.25) is 0 Å². The highest BCUT2D eigenvalue weighted by Gasteiger charge is 2.27. The van der Waals surface area contributed by atoms with Gasteiger partial charge in [0, 0.05) is 12.6 Å². The Kier molecular flexibility index (Phi) is 5.42. The quantitative estimate of drug-likeness (QED) is 0.491. The molecule has 1 aromatic heterocycles. The van der Waals surface area contributed by atoms with E-state index in [2.05, 4.69) is 5.32 Å². The number of carboxylic acid groups (broad SMARTS) is 1. The average Bonchev–Trinajstić information content (AvgIpc) is 2.79. The second kappa shape index (κ2) is 6.84. The summed E-state index contributed by atoms with van der Waals surface area (Å²) in [5.74, 6) is -2.17. The molecule has 0 aliphatic heterocycles. The van der Waals surface area contributed by atoms with Crippen LogP contribution in [-0.4, -0.2) is 43.7 Å². The maximum Gasteiger partial charge on any atom is 0.328 e. The number of aryl methyl sites for hydroxylation is 1. The smallest absolute Gasteiger partial charge is 0.328 e. The van der Waals surface area contributed by atoms with Crippen LogP contribution in [0.2, 0.25) is 0 Å². The van der Waals surface area contributed by atoms with Gasteiger partial charge in [0.25, 0.3) is 11.6 Å². The Hall–Kier alpha value is -2.42. The summed E-state index contributed by atoms with van der Waals surface area (Å²) in [7, 11) is 0. The Morgan fingerprint density at radius 2 is 2.14 bits per heavy atom. The zero-order chi connectivity index (χ0) is 16.2. The number of aliphatic carboxylic acids is 1. The summed E-state index contributed by atoms with van der Waals surface area (Å²) in [4.78, 5) is 33.1. The molecule has 3 N–H and O–H groups in total. The fourth-order valence-electron chi connectivity index (χ4n) is 1.82. The molecule has 9 heteroatoms. The van der Waals surface area contributed by atoms with Gasteiger partial charge in [-0.2, -0.15) is 0 Å². The summed E-state index contributed by atoms with van der Waals surface area (Å²) >= 11 is 0. The van der Waals surface area contributed by atoms with Crippen LogP contribution in [0.15, 0.2) is 12.3 Å². The van der Waals surface area contributed by atoms with E-state index in [1.165, 1.54) is 17.7 Å². The lowest BCUT2D eigenvalue weighted by Crippen LogP contribution is -2.48. The lowest BCUT2D eigenvalue weighted by atomic mass is 10.2. The van der Waals surface area contributed by atoms with Gasteiger partial charge in [-0.3, -0.25) is 14.9 Å². The average molecular weight is 299 g/mol. The number of nitrogens with zero attached hydrogens (tertiary/aromatic N) is 2. The Bertz CT molecular complexity index is 551. The summed E-state index contributed by atoms with van der Waals surface area (Å²) in [6.07, 6.45) is 0.567. The lowest BCUT2D eigenvalue weighted by molar-refractivity contribution is -0.384. The van der Waals surface area contributed by atoms with E-state index in [4.69, 9.17) is 5.11 Å². The van der Waals surface area contributed by atoms with Gasteiger partial charge in [0.05, 0.1) is 17.2 Å². The molecule has 1 aromatic rings. The van der Waals surface area contributed by atoms with Crippen molar-refractivity contribution in [2.75, 3.05) is 0 Å². The van der Waals surface area contributed by atoms with Gasteiger partial charge in [0.15, 0.2) is 6.04 Å². The molecule has 1 rings (SSSR count). The molecule has 0 aromatic carbocycles. The van der Waals surface area contributed by atoms with E-state index in [9.17, 15) is 24.8 Å². The number of aromatic nitrogens is 1. The summed E-state index contributed by atoms with van der Waals surface area (Å²) in [5.41, 5.74) is -0.270. The molecule has 1 heterocycles. The normalized spacial score (nSPS) is 13.5. The maximum absolute atomic E-state index is 12.1. The standard InChI is InChI=1S/C12H17N3O6/c1-3-4-14-6-8(15(20)21)5-9(14)11(17)13-10(7(2)16)12(18)19/h5-7,10,16H,3-4H2,1-2H3,(H,13,17)(H,18,19)/t7-,10+/m1/s1. The largest absolute Gasteiger partial charge is 0.480 e. The molecule has 0 bridgehead atoms. The Morgan fingerprint density at radius 3 is 2.57 bits per heavy atom. The molecular weight excluding hydrogens is 282 g/mol. The van der Waals surface area contributed by atoms with Crippen LogP contribution in [0.4, 0.5) is 5.69 Å². The Morgan fingerprint density at radius 1 is 1.52 bits per heavy atom. The molecule has 0 aliphatic rings. The third-order valence-corrected chi connectivity index (χ3v) is 2.83. The van der Waals surface area contributed by atoms with Gasteiger partial charge < -0.3 is 20.1 Å². The number of aliphatic hydroxyl groups excluding tert-OH is 1. The third-order valence-electron chi connectivity index (χ3n) is 2.83. The van der Waals surface area contributed by atoms with Gasteiger partial charge in [-0.15, -0.1) is 0 Å². The number of hydrogen-bond donors (Lipinski definition) is 3. The molecule has 0 spiro atoms. The minimum atomic E-state index is -1.48. The fraction of sp³-hybridized carbons (Fsp3) is 0.500. The summed E-state index contributed by atoms with van der Waals surface area (Å²) < 4.78 is 1.38. The van der Waals surface area contributed by atoms with Gasteiger partial charge in [-0.05, 0) is 13.3 Å². The molecule has 0 radical (unpaired) electrons. The van der Waals surface area contributed by atoms with Gasteiger partial charge >= 0.3 is 5.97 Å². The summed E-state index contributed by atoms with van der Waals surface area (Å²) in [6, 6.07) is -0.409. The molecule has 0 aliphatic carbocycles. The van der Waals surface area contributed by atoms with Crippen LogP contribution in [0.5, 0.6) is 0 Å². The number of carbonyl (C=O) groups excluding carboxylic acids is 1. The monoisotopic (exact) mass is 299 g/mol. The predicted molar refractivity (Wildman–Crippen MR) is 71.9 cm³/mol. The molecular formula is C12H17N3O6. The van der Waals surface area contributed by atoms with Crippen LogP contribution < -0.4 is 5.32 Å². The molecule has 0 saturated carbocycles. The molecule has 0 unspecified atom stereocenters. The highest BCUT2D eigenvalue weighted by Crippen LogP contribution is 2.17. The Labute approximate surface area is 120 Å². The second-order valence-electron chi connectivity index (χ2n) is 4.56. The molecule has 1 amide bonds. The topological polar surface area (TPSA) is 135 Å². The van der Waals surface area contributed by atoms with Crippen molar-refractivity contribution in [3.63, 3.8) is 0 Å². The third kappa shape index (κ3) is 4.02. The van der Waals surface area contributed by atoms with Crippen molar-refractivity contribution in [3.05, 3.63) is 28.1 Å². The number of nitro groups is 1. The number of aliphatic hydroxyl groups is 1. The molecule has 9 nitrogen and oxygen atoms in total. The van der Waals surface area contributed by atoms with Crippen molar-refractivity contribution < 1.29 is 24.7 Å². The molecule has 116 valence electrons. The Balaban J connectivity index is 3.05. The SMILES string of the molecule is CCCn1cc([N+](=O)[O-])cc1C(=O)N[C@H](C(=O)O)[C@@H](C)O. The van der Waals surface area contributed by atoms with Crippen molar-refractivity contribution in [3.8, 4) is 0 Å². The molecule has 0 saturated heterocycles. The van der Waals surface area contributed by atoms with Gasteiger partial charge in [-0.1, -0.05) is 6.92 Å². The highest BCUT2D eigenvalue weighted by molar-refractivity contribution is 5.96. The van der Waals surface area contributed by atoms with Crippen molar-refractivity contribution in [2.24, 2.45) is 0 Å². The number of carbonyl (C=O) groups is 2. The first-order valence-corrected chi connectivity index (χ1v) is 6.34. The lowest BCUT2D eigenvalue weighted by Gasteiger charge is -2.17. The number of nitrogens with one attached hydrogen (secondary N) is 1. The predicted octanol–water partition coefficient (Wildman–Crippen LogP) is 0.370. The van der Waals surface area contributed by atoms with E-state index in [-0.39, 0.29) is 11.4 Å². The van der Waals surface area contributed by atoms with Gasteiger partial charge in [0.1, 0.15) is 5.69 Å². The summed E-state index contributed by atoms with van der Waals surface area (Å²) in [5, 5.41) is 31.2. The van der Waals surface area contributed by atoms with Gasteiger partial charge in [-0.25, -0.2) is 4.79 Å². The second-order valence-corrected chi connectivity index (χ2v) is 4.56. The van der Waals surface area contributed by atoms with Crippen LogP contribution in [0.1, 0.15) is 30.8 Å². The van der Waals surface area contributed by atoms with E-state index < -0.39 is 28.9 Å². The first kappa shape index (κ1) is 16.6. The van der Waals surface area contributed by atoms with Crippen LogP contribution in [-0.2, 0) is 11.3 Å². The van der Waals surface area contributed by atoms with E-state index in [0.29, 0.717) is 13.0 Å². The number of rotatable bonds is 7. The molecule has 2 atom stereocenters. The zero-order valence-corrected chi connectivity index (χ0v) is 11.6. The molecule has 21 heavy (non-hydrogen) atoms. The minimum absolute atomic E-state index is 0.0181. The van der Waals surface area contributed by atoms with Crippen LogP contribution in [0.3, 0.4) is 0 Å². The first-order valence-electron chi connectivity index (χ1n) is 6.34. The minimum Gasteiger partial charge on any atom is -0.480 e. The van der Waals surface area contributed by atoms with Crippen LogP contribution in [0.25, 0.3) is 0 Å². The van der Waals surface area contributed by atoms with E-state index in [0.717, 1.165) is 6.07 Å². The highest BCUT2D eigenvalue weighted by atomic mass is 16.6. The van der Waals surface area contributed by atoms with E-state index >= 15 is 0 Å².